The van der Waals surface area contributed by atoms with Crippen molar-refractivity contribution in [1.29, 1.82) is 0 Å². The number of nitro benzene ring substituents is 1. The molecule has 7 nitrogen and oxygen atoms in total. The van der Waals surface area contributed by atoms with Gasteiger partial charge in [-0.15, -0.1) is 0 Å². The number of hydrogen-bond donors (Lipinski definition) is 1. The number of carbonyl (C=O) groups is 1. The van der Waals surface area contributed by atoms with Gasteiger partial charge in [-0.05, 0) is 25.0 Å². The Morgan fingerprint density at radius 2 is 2.18 bits per heavy atom. The van der Waals surface area contributed by atoms with Crippen molar-refractivity contribution in [2.75, 3.05) is 32.1 Å². The molecule has 22 heavy (non-hydrogen) atoms. The number of ether oxygens (including phenoxy) is 1. The second-order valence-electron chi connectivity index (χ2n) is 4.85. The molecule has 0 radical (unpaired) electrons. The van der Waals surface area contributed by atoms with Crippen molar-refractivity contribution < 1.29 is 14.5 Å². The van der Waals surface area contributed by atoms with Gasteiger partial charge in [0.25, 0.3) is 0 Å². The van der Waals surface area contributed by atoms with Crippen molar-refractivity contribution in [3.05, 3.63) is 41.0 Å². The molecule has 1 amide bonds. The van der Waals surface area contributed by atoms with Gasteiger partial charge in [-0.1, -0.05) is 6.58 Å². The van der Waals surface area contributed by atoms with Gasteiger partial charge < -0.3 is 15.0 Å². The fraction of sp³-hybridized carbons (Fsp3) is 0.400. The maximum Gasteiger partial charge on any atom is 0.311 e. The number of nitro groups is 1. The molecular weight excluding hydrogens is 286 g/mol. The number of amides is 1. The summed E-state index contributed by atoms with van der Waals surface area (Å²) in [5.41, 5.74) is 0.782. The van der Waals surface area contributed by atoms with Gasteiger partial charge in [0.05, 0.1) is 11.5 Å². The Labute approximate surface area is 129 Å². The first-order valence-electron chi connectivity index (χ1n) is 6.94. The summed E-state index contributed by atoms with van der Waals surface area (Å²) in [7, 11) is 3.71. The molecule has 0 unspecified atom stereocenters. The lowest BCUT2D eigenvalue weighted by Gasteiger charge is -2.14. The molecule has 120 valence electrons. The van der Waals surface area contributed by atoms with Crippen molar-refractivity contribution in [1.82, 2.24) is 5.32 Å². The van der Waals surface area contributed by atoms with Gasteiger partial charge in [0.2, 0.25) is 5.91 Å². The van der Waals surface area contributed by atoms with Crippen LogP contribution < -0.4 is 15.0 Å². The molecule has 0 spiro atoms. The van der Waals surface area contributed by atoms with Crippen LogP contribution in [-0.2, 0) is 4.79 Å². The zero-order valence-electron chi connectivity index (χ0n) is 12.9. The largest absolute Gasteiger partial charge is 0.487 e. The Morgan fingerprint density at radius 3 is 2.77 bits per heavy atom. The third-order valence-corrected chi connectivity index (χ3v) is 2.97. The molecule has 0 saturated carbocycles. The first-order chi connectivity index (χ1) is 10.5. The van der Waals surface area contributed by atoms with Crippen LogP contribution in [0.5, 0.6) is 5.75 Å². The van der Waals surface area contributed by atoms with Gasteiger partial charge in [-0.3, -0.25) is 14.9 Å². The summed E-state index contributed by atoms with van der Waals surface area (Å²) in [6.45, 7) is 4.23. The normalized spacial score (nSPS) is 9.91. The van der Waals surface area contributed by atoms with E-state index in [9.17, 15) is 14.9 Å². The molecular formula is C15H21N3O4. The van der Waals surface area contributed by atoms with Crippen LogP contribution in [0.3, 0.4) is 0 Å². The predicted molar refractivity (Wildman–Crippen MR) is 85.4 cm³/mol. The van der Waals surface area contributed by atoms with Crippen LogP contribution in [0.15, 0.2) is 30.9 Å². The summed E-state index contributed by atoms with van der Waals surface area (Å²) in [5.74, 6) is 0.0431. The highest BCUT2D eigenvalue weighted by molar-refractivity contribution is 5.86. The smallest absolute Gasteiger partial charge is 0.311 e. The Morgan fingerprint density at radius 1 is 1.45 bits per heavy atom. The lowest BCUT2D eigenvalue weighted by Crippen LogP contribution is -2.22. The average molecular weight is 307 g/mol. The van der Waals surface area contributed by atoms with E-state index < -0.39 is 4.92 Å². The highest BCUT2D eigenvalue weighted by atomic mass is 16.6. The van der Waals surface area contributed by atoms with Crippen LogP contribution in [0.25, 0.3) is 0 Å². The molecule has 1 aromatic rings. The third-order valence-electron chi connectivity index (χ3n) is 2.97. The first kappa shape index (κ1) is 17.5. The van der Waals surface area contributed by atoms with Crippen molar-refractivity contribution in [3.63, 3.8) is 0 Å². The Balaban J connectivity index is 2.53. The molecule has 0 aliphatic carbocycles. The van der Waals surface area contributed by atoms with E-state index in [1.165, 1.54) is 12.1 Å². The summed E-state index contributed by atoms with van der Waals surface area (Å²) in [4.78, 5) is 23.3. The second kappa shape index (κ2) is 8.66. The third kappa shape index (κ3) is 5.43. The number of nitrogens with one attached hydrogen (secondary N) is 1. The summed E-state index contributed by atoms with van der Waals surface area (Å²) in [6, 6.07) is 4.77. The molecule has 0 bridgehead atoms. The van der Waals surface area contributed by atoms with E-state index in [0.29, 0.717) is 19.6 Å². The van der Waals surface area contributed by atoms with Crippen LogP contribution >= 0.6 is 0 Å². The van der Waals surface area contributed by atoms with Gasteiger partial charge in [0.15, 0.2) is 5.75 Å². The molecule has 0 atom stereocenters. The zero-order valence-corrected chi connectivity index (χ0v) is 12.9. The molecule has 1 N–H and O–H groups in total. The number of rotatable bonds is 9. The monoisotopic (exact) mass is 307 g/mol. The summed E-state index contributed by atoms with van der Waals surface area (Å²) in [5, 5.41) is 13.7. The minimum absolute atomic E-state index is 0.0504. The molecule has 0 heterocycles. The van der Waals surface area contributed by atoms with E-state index in [4.69, 9.17) is 4.74 Å². The second-order valence-corrected chi connectivity index (χ2v) is 4.85. The quantitative estimate of drug-likeness (QED) is 0.327. The predicted octanol–water partition coefficient (Wildman–Crippen LogP) is 2.12. The van der Waals surface area contributed by atoms with E-state index in [1.54, 1.807) is 12.1 Å². The molecule has 0 aromatic heterocycles. The number of benzene rings is 1. The molecule has 0 fully saturated rings. The molecule has 1 aromatic carbocycles. The van der Waals surface area contributed by atoms with Crippen molar-refractivity contribution in [3.8, 4) is 5.75 Å². The van der Waals surface area contributed by atoms with Gasteiger partial charge in [-0.25, -0.2) is 0 Å². The minimum atomic E-state index is -0.459. The number of carbonyl (C=O) groups excluding carboxylic acids is 1. The molecule has 0 aliphatic rings. The van der Waals surface area contributed by atoms with Gasteiger partial charge >= 0.3 is 5.69 Å². The van der Waals surface area contributed by atoms with E-state index in [1.807, 2.05) is 19.0 Å². The van der Waals surface area contributed by atoms with Gasteiger partial charge in [0, 0.05) is 38.5 Å². The van der Waals surface area contributed by atoms with Crippen LogP contribution in [-0.4, -0.2) is 38.1 Å². The summed E-state index contributed by atoms with van der Waals surface area (Å²) in [6.07, 6.45) is 2.62. The Kier molecular flexibility index (Phi) is 6.88. The number of nitrogens with zero attached hydrogens (tertiary/aromatic N) is 2. The van der Waals surface area contributed by atoms with Crippen LogP contribution in [0, 0.1) is 10.1 Å². The zero-order chi connectivity index (χ0) is 16.5. The Bertz CT molecular complexity index is 544. The highest BCUT2D eigenvalue weighted by Gasteiger charge is 2.16. The summed E-state index contributed by atoms with van der Waals surface area (Å²) < 4.78 is 5.52. The maximum atomic E-state index is 11.0. The maximum absolute atomic E-state index is 11.0. The standard InChI is InChI=1S/C15H21N3O4/c1-4-15(19)16-9-5-6-10-22-14-11-12(17(2)3)7-8-13(14)18(20)21/h4,7-8,11H,1,5-6,9-10H2,2-3H3,(H,16,19). The molecule has 7 heteroatoms. The lowest BCUT2D eigenvalue weighted by atomic mass is 10.2. The lowest BCUT2D eigenvalue weighted by molar-refractivity contribution is -0.385. The molecule has 0 aliphatic heterocycles. The van der Waals surface area contributed by atoms with Gasteiger partial charge in [-0.2, -0.15) is 0 Å². The van der Waals surface area contributed by atoms with E-state index in [2.05, 4.69) is 11.9 Å². The van der Waals surface area contributed by atoms with Crippen LogP contribution in [0.1, 0.15) is 12.8 Å². The highest BCUT2D eigenvalue weighted by Crippen LogP contribution is 2.31. The fourth-order valence-electron chi connectivity index (χ4n) is 1.74. The van der Waals surface area contributed by atoms with E-state index >= 15 is 0 Å². The van der Waals surface area contributed by atoms with Crippen molar-refractivity contribution in [2.24, 2.45) is 0 Å². The summed E-state index contributed by atoms with van der Waals surface area (Å²) >= 11 is 0. The Hall–Kier alpha value is -2.57. The number of anilines is 1. The van der Waals surface area contributed by atoms with Crippen molar-refractivity contribution >= 4 is 17.3 Å². The average Bonchev–Trinajstić information content (AvgIpc) is 2.49. The van der Waals surface area contributed by atoms with E-state index in [0.717, 1.165) is 12.1 Å². The number of hydrogen-bond acceptors (Lipinski definition) is 5. The van der Waals surface area contributed by atoms with Gasteiger partial charge in [0.1, 0.15) is 0 Å². The van der Waals surface area contributed by atoms with Crippen LogP contribution in [0.2, 0.25) is 0 Å². The SMILES string of the molecule is C=CC(=O)NCCCCOc1cc(N(C)C)ccc1[N+](=O)[O-]. The van der Waals surface area contributed by atoms with Crippen LogP contribution in [0.4, 0.5) is 11.4 Å². The first-order valence-corrected chi connectivity index (χ1v) is 6.94. The number of unbranched alkanes of at least 4 members (excludes halogenated alkanes) is 1. The van der Waals surface area contributed by atoms with E-state index in [-0.39, 0.29) is 17.3 Å². The molecule has 1 rings (SSSR count). The minimum Gasteiger partial charge on any atom is -0.487 e. The fourth-order valence-corrected chi connectivity index (χ4v) is 1.74. The molecule has 0 saturated heterocycles. The van der Waals surface area contributed by atoms with Crippen molar-refractivity contribution in [2.45, 2.75) is 12.8 Å². The topological polar surface area (TPSA) is 84.7 Å².